The predicted octanol–water partition coefficient (Wildman–Crippen LogP) is 1.24. The van der Waals surface area contributed by atoms with Gasteiger partial charge in [0.2, 0.25) is 0 Å². The van der Waals surface area contributed by atoms with Crippen LogP contribution in [-0.4, -0.2) is 31.6 Å². The molecule has 3 nitrogen and oxygen atoms in total. The molecule has 0 aliphatic heterocycles. The van der Waals surface area contributed by atoms with Crippen LogP contribution in [-0.2, 0) is 6.42 Å². The van der Waals surface area contributed by atoms with Gasteiger partial charge in [-0.2, -0.15) is 0 Å². The number of nitrogens with one attached hydrogen (secondary N) is 1. The van der Waals surface area contributed by atoms with Crippen LogP contribution < -0.4 is 11.3 Å². The monoisotopic (exact) mass is 221 g/mol. The highest BCUT2D eigenvalue weighted by Crippen LogP contribution is 2.15. The van der Waals surface area contributed by atoms with Crippen molar-refractivity contribution in [2.75, 3.05) is 20.6 Å². The zero-order chi connectivity index (χ0) is 12.1. The maximum absolute atomic E-state index is 5.59. The van der Waals surface area contributed by atoms with E-state index in [1.807, 2.05) is 0 Å². The first-order valence-corrected chi connectivity index (χ1v) is 5.70. The van der Waals surface area contributed by atoms with E-state index < -0.39 is 0 Å². The second-order valence-electron chi connectivity index (χ2n) is 4.70. The summed E-state index contributed by atoms with van der Waals surface area (Å²) in [6.45, 7) is 5.27. The summed E-state index contributed by atoms with van der Waals surface area (Å²) in [7, 11) is 4.13. The second kappa shape index (κ2) is 5.99. The molecule has 1 unspecified atom stereocenters. The lowest BCUT2D eigenvalue weighted by atomic mass is 9.96. The summed E-state index contributed by atoms with van der Waals surface area (Å²) in [6.07, 6.45) is 0.979. The van der Waals surface area contributed by atoms with E-state index >= 15 is 0 Å². The number of hydrazine groups is 1. The van der Waals surface area contributed by atoms with Gasteiger partial charge in [0, 0.05) is 12.6 Å². The van der Waals surface area contributed by atoms with Gasteiger partial charge in [-0.3, -0.25) is 11.3 Å². The minimum atomic E-state index is 0.301. The molecule has 1 aromatic rings. The minimum Gasteiger partial charge on any atom is -0.308 e. The van der Waals surface area contributed by atoms with Gasteiger partial charge >= 0.3 is 0 Å². The van der Waals surface area contributed by atoms with E-state index in [1.165, 1.54) is 16.7 Å². The Labute approximate surface area is 98.6 Å². The summed E-state index contributed by atoms with van der Waals surface area (Å²) >= 11 is 0. The quantitative estimate of drug-likeness (QED) is 0.580. The molecule has 0 amide bonds. The molecule has 1 atom stereocenters. The highest BCUT2D eigenvalue weighted by atomic mass is 15.3. The van der Waals surface area contributed by atoms with Crippen molar-refractivity contribution >= 4 is 0 Å². The molecule has 3 N–H and O–H groups in total. The third-order valence-corrected chi connectivity index (χ3v) is 2.92. The van der Waals surface area contributed by atoms with Gasteiger partial charge in [-0.1, -0.05) is 18.2 Å². The SMILES string of the molecule is Cc1cccc(C)c1CC(CN(C)C)NN. The molecule has 0 heterocycles. The van der Waals surface area contributed by atoms with Crippen LogP contribution in [0.3, 0.4) is 0 Å². The second-order valence-corrected chi connectivity index (χ2v) is 4.70. The number of nitrogens with two attached hydrogens (primary N) is 1. The molecule has 1 rings (SSSR count). The number of rotatable bonds is 5. The first-order chi connectivity index (χ1) is 7.54. The van der Waals surface area contributed by atoms with E-state index in [-0.39, 0.29) is 0 Å². The molecule has 0 aromatic heterocycles. The van der Waals surface area contributed by atoms with Gasteiger partial charge in [-0.25, -0.2) is 0 Å². The van der Waals surface area contributed by atoms with Crippen molar-refractivity contribution in [3.05, 3.63) is 34.9 Å². The van der Waals surface area contributed by atoms with Crippen LogP contribution in [0.5, 0.6) is 0 Å². The predicted molar refractivity (Wildman–Crippen MR) is 69.3 cm³/mol. The summed E-state index contributed by atoms with van der Waals surface area (Å²) in [5, 5.41) is 0. The van der Waals surface area contributed by atoms with Gasteiger partial charge < -0.3 is 4.90 Å². The zero-order valence-electron chi connectivity index (χ0n) is 10.7. The molecular formula is C13H23N3. The van der Waals surface area contributed by atoms with E-state index in [9.17, 15) is 0 Å². The van der Waals surface area contributed by atoms with Crippen LogP contribution in [0.1, 0.15) is 16.7 Å². The number of hydrogen-bond acceptors (Lipinski definition) is 3. The Hall–Kier alpha value is -0.900. The molecule has 0 radical (unpaired) electrons. The molecule has 1 aromatic carbocycles. The Morgan fingerprint density at radius 2 is 1.81 bits per heavy atom. The molecule has 16 heavy (non-hydrogen) atoms. The first kappa shape index (κ1) is 13.2. The summed E-state index contributed by atoms with van der Waals surface area (Å²) in [6, 6.07) is 6.72. The molecule has 0 saturated heterocycles. The lowest BCUT2D eigenvalue weighted by Crippen LogP contribution is -2.43. The molecule has 90 valence electrons. The molecule has 0 fully saturated rings. The number of nitrogens with zero attached hydrogens (tertiary/aromatic N) is 1. The third kappa shape index (κ3) is 3.59. The van der Waals surface area contributed by atoms with Crippen LogP contribution in [0.4, 0.5) is 0 Å². The Morgan fingerprint density at radius 1 is 1.25 bits per heavy atom. The van der Waals surface area contributed by atoms with Crippen LogP contribution in [0, 0.1) is 13.8 Å². The largest absolute Gasteiger partial charge is 0.308 e. The van der Waals surface area contributed by atoms with Gasteiger partial charge in [-0.05, 0) is 51.1 Å². The number of likely N-dealkylation sites (N-methyl/N-ethyl adjacent to an activating group) is 1. The summed E-state index contributed by atoms with van der Waals surface area (Å²) in [4.78, 5) is 2.15. The number of aryl methyl sites for hydroxylation is 2. The lowest BCUT2D eigenvalue weighted by Gasteiger charge is -2.22. The number of hydrogen-bond donors (Lipinski definition) is 2. The molecule has 0 aliphatic rings. The highest BCUT2D eigenvalue weighted by molar-refractivity contribution is 5.34. The average molecular weight is 221 g/mol. The van der Waals surface area contributed by atoms with E-state index in [4.69, 9.17) is 5.84 Å². The summed E-state index contributed by atoms with van der Waals surface area (Å²) in [5.74, 6) is 5.59. The van der Waals surface area contributed by atoms with Crippen molar-refractivity contribution in [1.29, 1.82) is 0 Å². The Kier molecular flexibility index (Phi) is 4.93. The van der Waals surface area contributed by atoms with E-state index in [0.717, 1.165) is 13.0 Å². The van der Waals surface area contributed by atoms with Crippen LogP contribution >= 0.6 is 0 Å². The van der Waals surface area contributed by atoms with E-state index in [2.05, 4.69) is 56.5 Å². The standard InChI is InChI=1S/C13H23N3/c1-10-6-5-7-11(2)13(10)8-12(15-14)9-16(3)4/h5-7,12,15H,8-9,14H2,1-4H3. The maximum atomic E-state index is 5.59. The van der Waals surface area contributed by atoms with E-state index in [0.29, 0.717) is 6.04 Å². The zero-order valence-corrected chi connectivity index (χ0v) is 10.7. The Bertz CT molecular complexity index is 314. The highest BCUT2D eigenvalue weighted by Gasteiger charge is 2.11. The van der Waals surface area contributed by atoms with Crippen molar-refractivity contribution in [1.82, 2.24) is 10.3 Å². The van der Waals surface area contributed by atoms with Crippen molar-refractivity contribution in [3.63, 3.8) is 0 Å². The Morgan fingerprint density at radius 3 is 2.25 bits per heavy atom. The van der Waals surface area contributed by atoms with Gasteiger partial charge in [0.05, 0.1) is 0 Å². The van der Waals surface area contributed by atoms with Gasteiger partial charge in [0.1, 0.15) is 0 Å². The lowest BCUT2D eigenvalue weighted by molar-refractivity contribution is 0.338. The number of benzene rings is 1. The first-order valence-electron chi connectivity index (χ1n) is 5.70. The Balaban J connectivity index is 2.77. The fourth-order valence-corrected chi connectivity index (χ4v) is 2.03. The molecule has 0 spiro atoms. The molecule has 0 aliphatic carbocycles. The molecule has 0 bridgehead atoms. The van der Waals surface area contributed by atoms with E-state index in [1.54, 1.807) is 0 Å². The van der Waals surface area contributed by atoms with Gasteiger partial charge in [0.15, 0.2) is 0 Å². The smallest absolute Gasteiger partial charge is 0.0378 e. The van der Waals surface area contributed by atoms with Crippen molar-refractivity contribution in [2.24, 2.45) is 5.84 Å². The average Bonchev–Trinajstić information content (AvgIpc) is 2.21. The summed E-state index contributed by atoms with van der Waals surface area (Å²) < 4.78 is 0. The molecule has 3 heteroatoms. The normalized spacial score (nSPS) is 13.1. The fraction of sp³-hybridized carbons (Fsp3) is 0.538. The fourth-order valence-electron chi connectivity index (χ4n) is 2.03. The van der Waals surface area contributed by atoms with Crippen molar-refractivity contribution in [2.45, 2.75) is 26.3 Å². The van der Waals surface area contributed by atoms with Gasteiger partial charge in [-0.15, -0.1) is 0 Å². The van der Waals surface area contributed by atoms with Crippen molar-refractivity contribution in [3.8, 4) is 0 Å². The maximum Gasteiger partial charge on any atom is 0.0378 e. The summed E-state index contributed by atoms with van der Waals surface area (Å²) in [5.41, 5.74) is 7.00. The minimum absolute atomic E-state index is 0.301. The van der Waals surface area contributed by atoms with Crippen LogP contribution in [0.15, 0.2) is 18.2 Å². The van der Waals surface area contributed by atoms with Crippen LogP contribution in [0.2, 0.25) is 0 Å². The molecule has 0 saturated carbocycles. The third-order valence-electron chi connectivity index (χ3n) is 2.92. The van der Waals surface area contributed by atoms with Gasteiger partial charge in [0.25, 0.3) is 0 Å². The van der Waals surface area contributed by atoms with Crippen molar-refractivity contribution < 1.29 is 0 Å². The topological polar surface area (TPSA) is 41.3 Å². The van der Waals surface area contributed by atoms with Crippen LogP contribution in [0.25, 0.3) is 0 Å². The molecular weight excluding hydrogens is 198 g/mol.